The predicted molar refractivity (Wildman–Crippen MR) is 86.3 cm³/mol. The molecule has 2 nitrogen and oxygen atoms in total. The molecule has 20 heavy (non-hydrogen) atoms. The van der Waals surface area contributed by atoms with Gasteiger partial charge in [0.25, 0.3) is 0 Å². The molecule has 1 aromatic heterocycles. The van der Waals surface area contributed by atoms with Crippen molar-refractivity contribution in [1.29, 1.82) is 0 Å². The molecule has 0 bridgehead atoms. The third-order valence-electron chi connectivity index (χ3n) is 4.10. The first-order chi connectivity index (χ1) is 9.49. The van der Waals surface area contributed by atoms with Gasteiger partial charge in [-0.2, -0.15) is 0 Å². The lowest BCUT2D eigenvalue weighted by atomic mass is 9.97. The molecule has 3 heteroatoms. The normalized spacial score (nSPS) is 11.2. The lowest BCUT2D eigenvalue weighted by molar-refractivity contribution is 0.644. The summed E-state index contributed by atoms with van der Waals surface area (Å²) in [5.74, 6) is 0. The van der Waals surface area contributed by atoms with Crippen LogP contribution < -0.4 is 0 Å². The van der Waals surface area contributed by atoms with Gasteiger partial charge < -0.3 is 8.39 Å². The van der Waals surface area contributed by atoms with Crippen molar-refractivity contribution in [1.82, 2.24) is 0 Å². The number of hydrogen-bond acceptors (Lipinski definition) is 2. The van der Waals surface area contributed by atoms with Crippen LogP contribution in [0, 0.1) is 27.7 Å². The van der Waals surface area contributed by atoms with E-state index in [1.54, 1.807) is 0 Å². The lowest BCUT2D eigenvalue weighted by Gasteiger charge is -2.07. The first kappa shape index (κ1) is 13.3. The maximum absolute atomic E-state index is 6.01. The average Bonchev–Trinajstić information content (AvgIpc) is 2.55. The number of benzene rings is 2. The quantitative estimate of drug-likeness (QED) is 0.502. The van der Waals surface area contributed by atoms with Gasteiger partial charge in [-0.15, -0.1) is 0 Å². The van der Waals surface area contributed by atoms with E-state index in [2.05, 4.69) is 52.0 Å². The Labute approximate surface area is 120 Å². The van der Waals surface area contributed by atoms with Gasteiger partial charge in [0, 0.05) is 17.4 Å². The standard InChI is InChI=1S/C17H19O2P/c1-10-6-8-14-16(12(10)3)17-13(4)11(2)7-9-15(17)19-20(5)18-14/h6-9H,1-5H3. The van der Waals surface area contributed by atoms with Gasteiger partial charge in [-0.1, -0.05) is 12.1 Å². The minimum atomic E-state index is -0.936. The zero-order valence-electron chi connectivity index (χ0n) is 12.6. The van der Waals surface area contributed by atoms with Gasteiger partial charge in [0.15, 0.2) is 0 Å². The molecule has 0 aliphatic rings. The van der Waals surface area contributed by atoms with Crippen LogP contribution in [0.5, 0.6) is 0 Å². The topological polar surface area (TPSA) is 26.3 Å². The fourth-order valence-corrected chi connectivity index (χ4v) is 3.55. The minimum absolute atomic E-state index is 0.936. The van der Waals surface area contributed by atoms with Crippen LogP contribution in [0.15, 0.2) is 32.7 Å². The fraction of sp³-hybridized carbons (Fsp3) is 0.294. The Kier molecular flexibility index (Phi) is 3.14. The highest BCUT2D eigenvalue weighted by atomic mass is 31.1. The smallest absolute Gasteiger partial charge is 0.213 e. The van der Waals surface area contributed by atoms with E-state index in [1.807, 2.05) is 6.66 Å². The van der Waals surface area contributed by atoms with E-state index in [0.29, 0.717) is 0 Å². The van der Waals surface area contributed by atoms with Crippen molar-refractivity contribution in [2.75, 3.05) is 0 Å². The molecule has 2 aromatic carbocycles. The van der Waals surface area contributed by atoms with E-state index in [0.717, 1.165) is 11.2 Å². The van der Waals surface area contributed by atoms with Crippen LogP contribution in [0.1, 0.15) is 22.3 Å². The molecule has 0 N–H and O–H groups in total. The van der Waals surface area contributed by atoms with E-state index in [-0.39, 0.29) is 0 Å². The summed E-state index contributed by atoms with van der Waals surface area (Å²) in [6.07, 6.45) is 0. The van der Waals surface area contributed by atoms with Crippen molar-refractivity contribution >= 4 is 30.0 Å². The summed E-state index contributed by atoms with van der Waals surface area (Å²) in [4.78, 5) is 0. The molecule has 0 radical (unpaired) electrons. The van der Waals surface area contributed by atoms with Crippen LogP contribution in [0.4, 0.5) is 0 Å². The third-order valence-corrected chi connectivity index (χ3v) is 5.01. The second-order valence-corrected chi connectivity index (χ2v) is 6.63. The van der Waals surface area contributed by atoms with E-state index >= 15 is 0 Å². The zero-order valence-corrected chi connectivity index (χ0v) is 13.5. The Morgan fingerprint density at radius 1 is 0.700 bits per heavy atom. The van der Waals surface area contributed by atoms with E-state index in [1.165, 1.54) is 33.0 Å². The average molecular weight is 286 g/mol. The molecular formula is C17H19O2P. The first-order valence-electron chi connectivity index (χ1n) is 6.79. The maximum Gasteiger partial charge on any atom is 0.213 e. The number of fused-ring (bicyclic) bond motifs is 3. The highest BCUT2D eigenvalue weighted by Gasteiger charge is 2.11. The summed E-state index contributed by atoms with van der Waals surface area (Å²) in [7, 11) is -0.936. The molecule has 0 aliphatic carbocycles. The number of rotatable bonds is 0. The highest BCUT2D eigenvalue weighted by molar-refractivity contribution is 7.35. The van der Waals surface area contributed by atoms with Crippen molar-refractivity contribution in [2.45, 2.75) is 27.7 Å². The Bertz CT molecular complexity index is 790. The molecule has 3 aromatic rings. The minimum Gasteiger partial charge on any atom is -0.419 e. The largest absolute Gasteiger partial charge is 0.419 e. The fourth-order valence-electron chi connectivity index (χ4n) is 2.65. The van der Waals surface area contributed by atoms with Gasteiger partial charge in [0.05, 0.1) is 0 Å². The van der Waals surface area contributed by atoms with Crippen LogP contribution in [0.25, 0.3) is 21.9 Å². The van der Waals surface area contributed by atoms with E-state index in [9.17, 15) is 0 Å². The van der Waals surface area contributed by atoms with Crippen molar-refractivity contribution in [3.63, 3.8) is 0 Å². The van der Waals surface area contributed by atoms with Gasteiger partial charge in [-0.05, 0) is 62.1 Å². The monoisotopic (exact) mass is 286 g/mol. The van der Waals surface area contributed by atoms with Crippen LogP contribution in [-0.4, -0.2) is 0 Å². The van der Waals surface area contributed by atoms with Crippen LogP contribution in [0.2, 0.25) is 0 Å². The number of aryl methyl sites for hydroxylation is 5. The molecule has 0 saturated heterocycles. The van der Waals surface area contributed by atoms with Gasteiger partial charge in [0.2, 0.25) is 8.01 Å². The molecule has 3 rings (SSSR count). The van der Waals surface area contributed by atoms with Crippen LogP contribution >= 0.6 is 8.01 Å². The lowest BCUT2D eigenvalue weighted by Crippen LogP contribution is -1.87. The molecule has 104 valence electrons. The second-order valence-electron chi connectivity index (χ2n) is 5.38. The SMILES string of the molecule is Cc1ccc2op(C)oc3ccc(C)c(C)c3c2c1C. The zero-order chi connectivity index (χ0) is 14.4. The Hall–Kier alpha value is -1.66. The summed E-state index contributed by atoms with van der Waals surface area (Å²) in [6, 6.07) is 8.37. The highest BCUT2D eigenvalue weighted by Crippen LogP contribution is 2.37. The summed E-state index contributed by atoms with van der Waals surface area (Å²) in [5.41, 5.74) is 6.98. The van der Waals surface area contributed by atoms with Gasteiger partial charge in [0.1, 0.15) is 11.2 Å². The van der Waals surface area contributed by atoms with Gasteiger partial charge in [-0.3, -0.25) is 0 Å². The molecule has 0 atom stereocenters. The molecule has 0 saturated carbocycles. The van der Waals surface area contributed by atoms with E-state index in [4.69, 9.17) is 8.39 Å². The Balaban J connectivity index is 2.75. The second kappa shape index (κ2) is 4.71. The Morgan fingerprint density at radius 3 is 1.50 bits per heavy atom. The summed E-state index contributed by atoms with van der Waals surface area (Å²) < 4.78 is 12.0. The van der Waals surface area contributed by atoms with Crippen molar-refractivity contribution in [2.24, 2.45) is 6.66 Å². The van der Waals surface area contributed by atoms with Crippen molar-refractivity contribution in [3.05, 3.63) is 46.5 Å². The van der Waals surface area contributed by atoms with Crippen molar-refractivity contribution < 1.29 is 8.39 Å². The Morgan fingerprint density at radius 2 is 1.10 bits per heavy atom. The van der Waals surface area contributed by atoms with Gasteiger partial charge >= 0.3 is 0 Å². The van der Waals surface area contributed by atoms with Crippen LogP contribution in [0.3, 0.4) is 0 Å². The first-order valence-corrected chi connectivity index (χ1v) is 8.42. The van der Waals surface area contributed by atoms with Gasteiger partial charge in [-0.25, -0.2) is 0 Å². The molecule has 0 unspecified atom stereocenters. The van der Waals surface area contributed by atoms with Crippen molar-refractivity contribution in [3.8, 4) is 0 Å². The molecule has 0 spiro atoms. The molecule has 0 amide bonds. The maximum atomic E-state index is 6.01. The summed E-state index contributed by atoms with van der Waals surface area (Å²) in [5, 5.41) is 2.38. The molecule has 0 aliphatic heterocycles. The number of hydrogen-bond donors (Lipinski definition) is 0. The third kappa shape index (κ3) is 1.96. The molecule has 0 fully saturated rings. The molecule has 1 heterocycles. The molecular weight excluding hydrogens is 267 g/mol. The van der Waals surface area contributed by atoms with Crippen LogP contribution in [-0.2, 0) is 6.66 Å². The summed E-state index contributed by atoms with van der Waals surface area (Å²) >= 11 is 0. The summed E-state index contributed by atoms with van der Waals surface area (Å²) in [6.45, 7) is 10.6. The van der Waals surface area contributed by atoms with E-state index < -0.39 is 8.01 Å². The predicted octanol–water partition coefficient (Wildman–Crippen LogP) is 6.06.